The highest BCUT2D eigenvalue weighted by Crippen LogP contribution is 2.27. The minimum Gasteiger partial charge on any atom is -0.451 e. The first-order valence-electron chi connectivity index (χ1n) is 4.93. The molecular formula is C13H9Br2NO. The highest BCUT2D eigenvalue weighted by atomic mass is 79.9. The lowest BCUT2D eigenvalue weighted by Crippen LogP contribution is -1.97. The average molecular weight is 355 g/mol. The first-order chi connectivity index (χ1) is 8.19. The van der Waals surface area contributed by atoms with Crippen LogP contribution in [0.2, 0.25) is 0 Å². The topological polar surface area (TPSA) is 25.2 Å². The van der Waals surface area contributed by atoms with Crippen LogP contribution in [0.1, 0.15) is 11.3 Å². The SMILES string of the molecule is C#Cc1cccc(NCc2cc(Br)c(Br)o2)c1. The van der Waals surface area contributed by atoms with Crippen LogP contribution >= 0.6 is 31.9 Å². The van der Waals surface area contributed by atoms with Crippen LogP contribution in [0, 0.1) is 12.3 Å². The standard InChI is InChI=1S/C13H9Br2NO/c1-2-9-4-3-5-10(6-9)16-8-11-7-12(14)13(15)17-11/h1,3-7,16H,8H2. The monoisotopic (exact) mass is 353 g/mol. The minimum absolute atomic E-state index is 0.609. The van der Waals surface area contributed by atoms with Crippen molar-refractivity contribution in [2.75, 3.05) is 5.32 Å². The van der Waals surface area contributed by atoms with Crippen LogP contribution in [0.5, 0.6) is 0 Å². The molecule has 0 amide bonds. The summed E-state index contributed by atoms with van der Waals surface area (Å²) in [5, 5.41) is 3.25. The van der Waals surface area contributed by atoms with Gasteiger partial charge in [-0.2, -0.15) is 0 Å². The Morgan fingerprint density at radius 3 is 2.76 bits per heavy atom. The molecule has 1 aromatic carbocycles. The van der Waals surface area contributed by atoms with Crippen molar-refractivity contribution >= 4 is 37.5 Å². The fourth-order valence-corrected chi connectivity index (χ4v) is 2.05. The molecule has 0 spiro atoms. The lowest BCUT2D eigenvalue weighted by atomic mass is 10.2. The van der Waals surface area contributed by atoms with Crippen LogP contribution in [0.4, 0.5) is 5.69 Å². The highest BCUT2D eigenvalue weighted by molar-refractivity contribution is 9.13. The Kier molecular flexibility index (Phi) is 3.93. The smallest absolute Gasteiger partial charge is 0.183 e. The molecule has 0 aliphatic carbocycles. The largest absolute Gasteiger partial charge is 0.451 e. The Balaban J connectivity index is 2.05. The Hall–Kier alpha value is -1.18. The van der Waals surface area contributed by atoms with E-state index in [4.69, 9.17) is 10.8 Å². The summed E-state index contributed by atoms with van der Waals surface area (Å²) < 4.78 is 7.07. The maximum absolute atomic E-state index is 5.46. The molecule has 0 atom stereocenters. The summed E-state index contributed by atoms with van der Waals surface area (Å²) in [6.07, 6.45) is 5.34. The molecule has 17 heavy (non-hydrogen) atoms. The first-order valence-corrected chi connectivity index (χ1v) is 6.52. The molecule has 0 aliphatic rings. The number of nitrogens with one attached hydrogen (secondary N) is 1. The van der Waals surface area contributed by atoms with E-state index >= 15 is 0 Å². The Labute approximate surface area is 117 Å². The lowest BCUT2D eigenvalue weighted by molar-refractivity contribution is 0.494. The fraction of sp³-hybridized carbons (Fsp3) is 0.0769. The number of halogens is 2. The number of anilines is 1. The van der Waals surface area contributed by atoms with Crippen molar-refractivity contribution in [3.8, 4) is 12.3 Å². The van der Waals surface area contributed by atoms with Crippen molar-refractivity contribution in [1.82, 2.24) is 0 Å². The molecule has 2 nitrogen and oxygen atoms in total. The van der Waals surface area contributed by atoms with Gasteiger partial charge in [-0.05, 0) is 56.1 Å². The lowest BCUT2D eigenvalue weighted by Gasteiger charge is -2.04. The van der Waals surface area contributed by atoms with Gasteiger partial charge in [-0.1, -0.05) is 12.0 Å². The second-order valence-electron chi connectivity index (χ2n) is 3.41. The van der Waals surface area contributed by atoms with E-state index in [1.54, 1.807) is 0 Å². The molecule has 0 saturated heterocycles. The normalized spacial score (nSPS) is 9.94. The number of benzene rings is 1. The van der Waals surface area contributed by atoms with Crippen molar-refractivity contribution in [1.29, 1.82) is 0 Å². The third kappa shape index (κ3) is 3.15. The van der Waals surface area contributed by atoms with E-state index in [2.05, 4.69) is 43.1 Å². The summed E-state index contributed by atoms with van der Waals surface area (Å²) in [5.41, 5.74) is 1.83. The van der Waals surface area contributed by atoms with Gasteiger partial charge in [0.05, 0.1) is 11.0 Å². The predicted molar refractivity (Wildman–Crippen MR) is 75.8 cm³/mol. The molecule has 2 rings (SSSR count). The molecule has 1 aromatic heterocycles. The third-order valence-electron chi connectivity index (χ3n) is 2.19. The summed E-state index contributed by atoms with van der Waals surface area (Å²) in [7, 11) is 0. The molecule has 0 fully saturated rings. The average Bonchev–Trinajstić information content (AvgIpc) is 2.67. The molecular weight excluding hydrogens is 346 g/mol. The molecule has 4 heteroatoms. The van der Waals surface area contributed by atoms with E-state index in [1.807, 2.05) is 30.3 Å². The van der Waals surface area contributed by atoms with Crippen molar-refractivity contribution in [2.45, 2.75) is 6.54 Å². The molecule has 1 heterocycles. The van der Waals surface area contributed by atoms with Gasteiger partial charge >= 0.3 is 0 Å². The van der Waals surface area contributed by atoms with E-state index in [-0.39, 0.29) is 0 Å². The highest BCUT2D eigenvalue weighted by Gasteiger charge is 2.05. The first kappa shape index (κ1) is 12.3. The van der Waals surface area contributed by atoms with Gasteiger partial charge in [0.25, 0.3) is 0 Å². The van der Waals surface area contributed by atoms with Gasteiger partial charge in [-0.15, -0.1) is 6.42 Å². The second-order valence-corrected chi connectivity index (χ2v) is 4.99. The van der Waals surface area contributed by atoms with Gasteiger partial charge in [-0.3, -0.25) is 0 Å². The van der Waals surface area contributed by atoms with Crippen LogP contribution < -0.4 is 5.32 Å². The number of hydrogen-bond donors (Lipinski definition) is 1. The van der Waals surface area contributed by atoms with Crippen LogP contribution in [0.15, 0.2) is 43.9 Å². The molecule has 0 aliphatic heterocycles. The molecule has 0 saturated carbocycles. The van der Waals surface area contributed by atoms with E-state index in [0.717, 1.165) is 21.5 Å². The van der Waals surface area contributed by atoms with Gasteiger partial charge < -0.3 is 9.73 Å². The molecule has 0 bridgehead atoms. The quantitative estimate of drug-likeness (QED) is 0.826. The zero-order valence-electron chi connectivity index (χ0n) is 8.84. The zero-order chi connectivity index (χ0) is 12.3. The zero-order valence-corrected chi connectivity index (χ0v) is 12.0. The number of terminal acetylenes is 1. The van der Waals surface area contributed by atoms with Gasteiger partial charge in [0.1, 0.15) is 5.76 Å². The van der Waals surface area contributed by atoms with E-state index in [9.17, 15) is 0 Å². The van der Waals surface area contributed by atoms with E-state index in [1.165, 1.54) is 0 Å². The van der Waals surface area contributed by atoms with E-state index in [0.29, 0.717) is 11.2 Å². The minimum atomic E-state index is 0.609. The maximum Gasteiger partial charge on any atom is 0.183 e. The van der Waals surface area contributed by atoms with Crippen LogP contribution in [-0.4, -0.2) is 0 Å². The summed E-state index contributed by atoms with van der Waals surface area (Å²) >= 11 is 6.67. The Morgan fingerprint density at radius 2 is 2.12 bits per heavy atom. The van der Waals surface area contributed by atoms with Crippen LogP contribution in [0.25, 0.3) is 0 Å². The van der Waals surface area contributed by atoms with Crippen molar-refractivity contribution in [3.63, 3.8) is 0 Å². The maximum atomic E-state index is 5.46. The third-order valence-corrected chi connectivity index (χ3v) is 3.90. The predicted octanol–water partition coefficient (Wildman–Crippen LogP) is 4.40. The Bertz CT molecular complexity index is 550. The van der Waals surface area contributed by atoms with E-state index < -0.39 is 0 Å². The molecule has 2 aromatic rings. The fourth-order valence-electron chi connectivity index (χ4n) is 1.39. The Morgan fingerprint density at radius 1 is 1.29 bits per heavy atom. The molecule has 0 unspecified atom stereocenters. The molecule has 1 N–H and O–H groups in total. The number of hydrogen-bond acceptors (Lipinski definition) is 2. The number of rotatable bonds is 3. The second kappa shape index (κ2) is 5.44. The van der Waals surface area contributed by atoms with Gasteiger partial charge in [0.2, 0.25) is 0 Å². The van der Waals surface area contributed by atoms with Crippen molar-refractivity contribution in [3.05, 3.63) is 50.8 Å². The van der Waals surface area contributed by atoms with Gasteiger partial charge in [0, 0.05) is 11.3 Å². The number of furan rings is 1. The molecule has 86 valence electrons. The van der Waals surface area contributed by atoms with Crippen molar-refractivity contribution < 1.29 is 4.42 Å². The van der Waals surface area contributed by atoms with Crippen LogP contribution in [0.3, 0.4) is 0 Å². The van der Waals surface area contributed by atoms with Crippen molar-refractivity contribution in [2.24, 2.45) is 0 Å². The van der Waals surface area contributed by atoms with Gasteiger partial charge in [0.15, 0.2) is 4.67 Å². The summed E-state index contributed by atoms with van der Waals surface area (Å²) in [6.45, 7) is 0.609. The summed E-state index contributed by atoms with van der Waals surface area (Å²) in [5.74, 6) is 3.44. The molecule has 0 radical (unpaired) electrons. The summed E-state index contributed by atoms with van der Waals surface area (Å²) in [6, 6.07) is 9.62. The van der Waals surface area contributed by atoms with Gasteiger partial charge in [-0.25, -0.2) is 0 Å². The summed E-state index contributed by atoms with van der Waals surface area (Å²) in [4.78, 5) is 0. The van der Waals surface area contributed by atoms with Crippen LogP contribution in [-0.2, 0) is 6.54 Å².